The zero-order valence-corrected chi connectivity index (χ0v) is 9.86. The second-order valence-corrected chi connectivity index (χ2v) is 3.71. The van der Waals surface area contributed by atoms with Gasteiger partial charge >= 0.3 is 0 Å². The summed E-state index contributed by atoms with van der Waals surface area (Å²) in [5.41, 5.74) is 1.26. The van der Waals surface area contributed by atoms with Crippen molar-refractivity contribution in [3.63, 3.8) is 0 Å². The van der Waals surface area contributed by atoms with E-state index in [2.05, 4.69) is 23.4 Å². The fourth-order valence-corrected chi connectivity index (χ4v) is 1.45. The van der Waals surface area contributed by atoms with Crippen molar-refractivity contribution in [2.24, 2.45) is 7.05 Å². The maximum Gasteiger partial charge on any atom is 0.0616 e. The summed E-state index contributed by atoms with van der Waals surface area (Å²) in [5.74, 6) is 0. The Labute approximate surface area is 91.6 Å². The summed E-state index contributed by atoms with van der Waals surface area (Å²) in [6.45, 7) is 6.69. The van der Waals surface area contributed by atoms with E-state index in [-0.39, 0.29) is 0 Å². The van der Waals surface area contributed by atoms with Crippen molar-refractivity contribution in [2.45, 2.75) is 26.3 Å². The van der Waals surface area contributed by atoms with E-state index in [1.807, 2.05) is 24.9 Å². The number of ether oxygens (including phenoxy) is 1. The molecular formula is C11H21N3O. The van der Waals surface area contributed by atoms with Gasteiger partial charge in [0.1, 0.15) is 0 Å². The van der Waals surface area contributed by atoms with Crippen molar-refractivity contribution >= 4 is 0 Å². The fraction of sp³-hybridized carbons (Fsp3) is 0.727. The van der Waals surface area contributed by atoms with E-state index < -0.39 is 0 Å². The third-order valence-corrected chi connectivity index (χ3v) is 2.37. The molecule has 1 atom stereocenters. The topological polar surface area (TPSA) is 39.1 Å². The molecule has 1 heterocycles. The van der Waals surface area contributed by atoms with Gasteiger partial charge in [-0.3, -0.25) is 4.68 Å². The number of hydrogen-bond acceptors (Lipinski definition) is 3. The zero-order chi connectivity index (χ0) is 11.1. The Morgan fingerprint density at radius 1 is 1.60 bits per heavy atom. The minimum Gasteiger partial charge on any atom is -0.380 e. The van der Waals surface area contributed by atoms with Gasteiger partial charge in [-0.05, 0) is 19.9 Å². The molecule has 0 fully saturated rings. The summed E-state index contributed by atoms with van der Waals surface area (Å²) in [5, 5.41) is 7.54. The van der Waals surface area contributed by atoms with E-state index in [1.54, 1.807) is 0 Å². The molecule has 1 rings (SSSR count). The highest BCUT2D eigenvalue weighted by Gasteiger charge is 2.02. The lowest BCUT2D eigenvalue weighted by Gasteiger charge is -2.13. The molecule has 0 saturated heterocycles. The Bertz CT molecular complexity index is 273. The maximum atomic E-state index is 5.33. The van der Waals surface area contributed by atoms with Crippen LogP contribution in [0, 0.1) is 0 Å². The van der Waals surface area contributed by atoms with Gasteiger partial charge in [-0.2, -0.15) is 5.10 Å². The van der Waals surface area contributed by atoms with Gasteiger partial charge in [0.15, 0.2) is 0 Å². The van der Waals surface area contributed by atoms with Gasteiger partial charge in [0.25, 0.3) is 0 Å². The van der Waals surface area contributed by atoms with Crippen LogP contribution >= 0.6 is 0 Å². The summed E-state index contributed by atoms with van der Waals surface area (Å²) in [6, 6.07) is 2.47. The van der Waals surface area contributed by atoms with Crippen molar-refractivity contribution in [1.82, 2.24) is 15.1 Å². The predicted octanol–water partition coefficient (Wildman–Crippen LogP) is 0.977. The van der Waals surface area contributed by atoms with Gasteiger partial charge in [-0.25, -0.2) is 0 Å². The lowest BCUT2D eigenvalue weighted by Crippen LogP contribution is -2.32. The van der Waals surface area contributed by atoms with Crippen molar-refractivity contribution in [3.8, 4) is 0 Å². The third kappa shape index (κ3) is 4.44. The van der Waals surface area contributed by atoms with E-state index in [0.29, 0.717) is 6.04 Å². The number of aryl methyl sites for hydroxylation is 1. The Hall–Kier alpha value is -0.870. The standard InChI is InChI=1S/C11H21N3O/c1-4-15-9-10(2)12-7-5-11-6-8-13-14(11)3/h6,8,10,12H,4-5,7,9H2,1-3H3. The largest absolute Gasteiger partial charge is 0.380 e. The van der Waals surface area contributed by atoms with Gasteiger partial charge < -0.3 is 10.1 Å². The van der Waals surface area contributed by atoms with E-state index in [0.717, 1.165) is 26.2 Å². The Morgan fingerprint density at radius 3 is 3.00 bits per heavy atom. The zero-order valence-electron chi connectivity index (χ0n) is 9.86. The van der Waals surface area contributed by atoms with Crippen LogP contribution in [-0.2, 0) is 18.2 Å². The fourth-order valence-electron chi connectivity index (χ4n) is 1.45. The second kappa shape index (κ2) is 6.58. The van der Waals surface area contributed by atoms with Crippen molar-refractivity contribution in [1.29, 1.82) is 0 Å². The first-order valence-electron chi connectivity index (χ1n) is 5.52. The van der Waals surface area contributed by atoms with Gasteiger partial charge in [0, 0.05) is 44.6 Å². The average molecular weight is 211 g/mol. The lowest BCUT2D eigenvalue weighted by atomic mass is 10.3. The number of aromatic nitrogens is 2. The molecule has 4 heteroatoms. The summed E-state index contributed by atoms with van der Waals surface area (Å²) in [4.78, 5) is 0. The van der Waals surface area contributed by atoms with Crippen LogP contribution in [0.25, 0.3) is 0 Å². The average Bonchev–Trinajstić information content (AvgIpc) is 2.61. The van der Waals surface area contributed by atoms with Crippen molar-refractivity contribution < 1.29 is 4.74 Å². The molecule has 0 saturated carbocycles. The van der Waals surface area contributed by atoms with Crippen LogP contribution in [0.2, 0.25) is 0 Å². The minimum absolute atomic E-state index is 0.415. The molecule has 1 aromatic rings. The van der Waals surface area contributed by atoms with E-state index in [4.69, 9.17) is 4.74 Å². The van der Waals surface area contributed by atoms with Crippen LogP contribution in [0.5, 0.6) is 0 Å². The molecule has 0 radical (unpaired) electrons. The number of rotatable bonds is 7. The second-order valence-electron chi connectivity index (χ2n) is 3.71. The molecule has 0 aliphatic carbocycles. The van der Waals surface area contributed by atoms with Crippen LogP contribution in [0.4, 0.5) is 0 Å². The van der Waals surface area contributed by atoms with Gasteiger partial charge in [0.2, 0.25) is 0 Å². The lowest BCUT2D eigenvalue weighted by molar-refractivity contribution is 0.127. The summed E-state index contributed by atoms with van der Waals surface area (Å²) < 4.78 is 7.24. The molecule has 0 aliphatic heterocycles. The van der Waals surface area contributed by atoms with Crippen LogP contribution in [0.1, 0.15) is 19.5 Å². The molecule has 0 spiro atoms. The predicted molar refractivity (Wildman–Crippen MR) is 60.9 cm³/mol. The quantitative estimate of drug-likeness (QED) is 0.730. The van der Waals surface area contributed by atoms with E-state index >= 15 is 0 Å². The van der Waals surface area contributed by atoms with Gasteiger partial charge in [-0.1, -0.05) is 0 Å². The molecule has 86 valence electrons. The summed E-state index contributed by atoms with van der Waals surface area (Å²) >= 11 is 0. The number of nitrogens with one attached hydrogen (secondary N) is 1. The van der Waals surface area contributed by atoms with Gasteiger partial charge in [0.05, 0.1) is 6.61 Å². The Balaban J connectivity index is 2.13. The molecular weight excluding hydrogens is 190 g/mol. The minimum atomic E-state index is 0.415. The van der Waals surface area contributed by atoms with Crippen LogP contribution in [0.3, 0.4) is 0 Å². The SMILES string of the molecule is CCOCC(C)NCCc1ccnn1C. The van der Waals surface area contributed by atoms with E-state index in [9.17, 15) is 0 Å². The molecule has 4 nitrogen and oxygen atoms in total. The van der Waals surface area contributed by atoms with E-state index in [1.165, 1.54) is 5.69 Å². The molecule has 1 aromatic heterocycles. The number of hydrogen-bond donors (Lipinski definition) is 1. The van der Waals surface area contributed by atoms with Gasteiger partial charge in [-0.15, -0.1) is 0 Å². The normalized spacial score (nSPS) is 13.0. The first-order chi connectivity index (χ1) is 7.24. The first-order valence-corrected chi connectivity index (χ1v) is 5.52. The Morgan fingerprint density at radius 2 is 2.40 bits per heavy atom. The summed E-state index contributed by atoms with van der Waals surface area (Å²) in [6.07, 6.45) is 2.84. The first kappa shape index (κ1) is 12.2. The van der Waals surface area contributed by atoms with Crippen LogP contribution < -0.4 is 5.32 Å². The molecule has 0 bridgehead atoms. The maximum absolute atomic E-state index is 5.33. The molecule has 1 unspecified atom stereocenters. The van der Waals surface area contributed by atoms with Crippen LogP contribution in [-0.4, -0.2) is 35.6 Å². The van der Waals surface area contributed by atoms with Crippen molar-refractivity contribution in [2.75, 3.05) is 19.8 Å². The molecule has 0 amide bonds. The highest BCUT2D eigenvalue weighted by Crippen LogP contribution is 1.96. The number of nitrogens with zero attached hydrogens (tertiary/aromatic N) is 2. The van der Waals surface area contributed by atoms with Crippen molar-refractivity contribution in [3.05, 3.63) is 18.0 Å². The highest BCUT2D eigenvalue weighted by atomic mass is 16.5. The third-order valence-electron chi connectivity index (χ3n) is 2.37. The van der Waals surface area contributed by atoms with Crippen LogP contribution in [0.15, 0.2) is 12.3 Å². The molecule has 0 aliphatic rings. The monoisotopic (exact) mass is 211 g/mol. The smallest absolute Gasteiger partial charge is 0.0616 e. The molecule has 1 N–H and O–H groups in total. The molecule has 0 aromatic carbocycles. The summed E-state index contributed by atoms with van der Waals surface area (Å²) in [7, 11) is 1.97. The Kier molecular flexibility index (Phi) is 5.36. The molecule has 15 heavy (non-hydrogen) atoms. The highest BCUT2D eigenvalue weighted by molar-refractivity contribution is 5.00.